The van der Waals surface area contributed by atoms with Gasteiger partial charge in [0, 0.05) is 18.0 Å². The quantitative estimate of drug-likeness (QED) is 0.839. The third-order valence-electron chi connectivity index (χ3n) is 3.40. The van der Waals surface area contributed by atoms with Gasteiger partial charge in [-0.2, -0.15) is 0 Å². The Morgan fingerprint density at radius 2 is 2.50 bits per heavy atom. The van der Waals surface area contributed by atoms with Crippen molar-refractivity contribution in [1.82, 2.24) is 15.5 Å². The Kier molecular flexibility index (Phi) is 4.74. The lowest BCUT2D eigenvalue weighted by Gasteiger charge is -2.24. The van der Waals surface area contributed by atoms with E-state index < -0.39 is 0 Å². The minimum absolute atomic E-state index is 0.149. The molecule has 2 N–H and O–H groups in total. The van der Waals surface area contributed by atoms with Crippen molar-refractivity contribution in [3.63, 3.8) is 0 Å². The molecule has 1 aromatic rings. The number of hydrogen-bond donors (Lipinski definition) is 2. The highest BCUT2D eigenvalue weighted by molar-refractivity contribution is 7.10. The first-order valence-corrected chi connectivity index (χ1v) is 7.24. The molecule has 5 heteroatoms. The fourth-order valence-corrected chi connectivity index (χ4v) is 3.16. The van der Waals surface area contributed by atoms with E-state index in [2.05, 4.69) is 33.0 Å². The lowest BCUT2D eigenvalue weighted by atomic mass is 10.1. The maximum Gasteiger partial charge on any atom is 0.224 e. The molecule has 0 saturated carbocycles. The van der Waals surface area contributed by atoms with Crippen LogP contribution in [-0.2, 0) is 4.79 Å². The van der Waals surface area contributed by atoms with Crippen molar-refractivity contribution in [2.75, 3.05) is 33.7 Å². The summed E-state index contributed by atoms with van der Waals surface area (Å²) < 4.78 is 0. The molecule has 100 valence electrons. The molecule has 1 aromatic heterocycles. The van der Waals surface area contributed by atoms with E-state index in [1.54, 1.807) is 11.3 Å². The molecule has 2 heterocycles. The number of carbonyl (C=O) groups is 1. The lowest BCUT2D eigenvalue weighted by Crippen LogP contribution is -2.38. The third kappa shape index (κ3) is 3.31. The summed E-state index contributed by atoms with van der Waals surface area (Å²) in [7, 11) is 4.10. The second-order valence-corrected chi connectivity index (χ2v) is 5.91. The summed E-state index contributed by atoms with van der Waals surface area (Å²) in [4.78, 5) is 15.4. The Morgan fingerprint density at radius 3 is 3.06 bits per heavy atom. The molecule has 0 radical (unpaired) electrons. The van der Waals surface area contributed by atoms with Crippen LogP contribution in [0.15, 0.2) is 17.5 Å². The maximum atomic E-state index is 12.0. The summed E-state index contributed by atoms with van der Waals surface area (Å²) in [6.45, 7) is 2.46. The number of thiophene rings is 1. The fraction of sp³-hybridized carbons (Fsp3) is 0.615. The van der Waals surface area contributed by atoms with E-state index in [1.165, 1.54) is 4.88 Å². The zero-order valence-corrected chi connectivity index (χ0v) is 11.8. The van der Waals surface area contributed by atoms with Gasteiger partial charge in [0.1, 0.15) is 0 Å². The molecule has 1 aliphatic heterocycles. The van der Waals surface area contributed by atoms with Gasteiger partial charge in [-0.05, 0) is 38.5 Å². The monoisotopic (exact) mass is 267 g/mol. The van der Waals surface area contributed by atoms with Gasteiger partial charge in [0.25, 0.3) is 0 Å². The van der Waals surface area contributed by atoms with Crippen LogP contribution in [-0.4, -0.2) is 44.5 Å². The molecule has 2 rings (SSSR count). The standard InChI is InChI=1S/C13H21N3OS/c1-16(2)11(12-4-3-7-18-12)9-15-13(17)10-5-6-14-8-10/h3-4,7,10-11,14H,5-6,8-9H2,1-2H3,(H,15,17). The van der Waals surface area contributed by atoms with E-state index in [9.17, 15) is 4.79 Å². The average molecular weight is 267 g/mol. The first-order chi connectivity index (χ1) is 8.68. The molecule has 4 nitrogen and oxygen atoms in total. The number of rotatable bonds is 5. The molecule has 0 aromatic carbocycles. The van der Waals surface area contributed by atoms with Crippen molar-refractivity contribution >= 4 is 17.2 Å². The van der Waals surface area contributed by atoms with E-state index in [-0.39, 0.29) is 17.9 Å². The maximum absolute atomic E-state index is 12.0. The van der Waals surface area contributed by atoms with Crippen LogP contribution in [0.5, 0.6) is 0 Å². The van der Waals surface area contributed by atoms with Gasteiger partial charge in [-0.15, -0.1) is 11.3 Å². The lowest BCUT2D eigenvalue weighted by molar-refractivity contribution is -0.124. The highest BCUT2D eigenvalue weighted by Gasteiger charge is 2.23. The molecule has 2 unspecified atom stereocenters. The van der Waals surface area contributed by atoms with Crippen LogP contribution < -0.4 is 10.6 Å². The molecule has 2 atom stereocenters. The van der Waals surface area contributed by atoms with Crippen LogP contribution in [0.3, 0.4) is 0 Å². The summed E-state index contributed by atoms with van der Waals surface area (Å²) in [5.41, 5.74) is 0. The summed E-state index contributed by atoms with van der Waals surface area (Å²) in [6.07, 6.45) is 0.956. The Bertz CT molecular complexity index is 372. The Balaban J connectivity index is 1.88. The van der Waals surface area contributed by atoms with E-state index in [0.717, 1.165) is 19.5 Å². The molecular formula is C13H21N3OS. The summed E-state index contributed by atoms with van der Waals surface area (Å²) in [6, 6.07) is 4.45. The molecule has 0 bridgehead atoms. The second-order valence-electron chi connectivity index (χ2n) is 4.93. The molecule has 18 heavy (non-hydrogen) atoms. The number of nitrogens with one attached hydrogen (secondary N) is 2. The zero-order valence-electron chi connectivity index (χ0n) is 11.0. The van der Waals surface area contributed by atoms with Crippen LogP contribution in [0.1, 0.15) is 17.3 Å². The Labute approximate surface area is 112 Å². The zero-order chi connectivity index (χ0) is 13.0. The van der Waals surface area contributed by atoms with Crippen molar-refractivity contribution < 1.29 is 4.79 Å². The van der Waals surface area contributed by atoms with Crippen LogP contribution in [0, 0.1) is 5.92 Å². The van der Waals surface area contributed by atoms with Gasteiger partial charge in [-0.3, -0.25) is 4.79 Å². The van der Waals surface area contributed by atoms with Gasteiger partial charge in [0.15, 0.2) is 0 Å². The summed E-state index contributed by atoms with van der Waals surface area (Å²) in [5.74, 6) is 0.333. The van der Waals surface area contributed by atoms with Crippen molar-refractivity contribution in [3.8, 4) is 0 Å². The highest BCUT2D eigenvalue weighted by Crippen LogP contribution is 2.22. The number of nitrogens with zero attached hydrogens (tertiary/aromatic N) is 1. The minimum atomic E-state index is 0.149. The van der Waals surface area contributed by atoms with Crippen LogP contribution >= 0.6 is 11.3 Å². The topological polar surface area (TPSA) is 44.4 Å². The van der Waals surface area contributed by atoms with Gasteiger partial charge in [0.05, 0.1) is 12.0 Å². The normalized spacial score (nSPS) is 21.2. The van der Waals surface area contributed by atoms with Crippen LogP contribution in [0.25, 0.3) is 0 Å². The predicted octanol–water partition coefficient (Wildman–Crippen LogP) is 1.08. The van der Waals surface area contributed by atoms with Crippen molar-refractivity contribution in [2.45, 2.75) is 12.5 Å². The number of carbonyl (C=O) groups excluding carboxylic acids is 1. The van der Waals surface area contributed by atoms with Crippen molar-refractivity contribution in [2.24, 2.45) is 5.92 Å². The molecule has 0 spiro atoms. The minimum Gasteiger partial charge on any atom is -0.354 e. The highest BCUT2D eigenvalue weighted by atomic mass is 32.1. The van der Waals surface area contributed by atoms with E-state index >= 15 is 0 Å². The van der Waals surface area contributed by atoms with E-state index in [0.29, 0.717) is 6.54 Å². The molecule has 1 amide bonds. The first-order valence-electron chi connectivity index (χ1n) is 6.36. The average Bonchev–Trinajstić information content (AvgIpc) is 3.01. The summed E-state index contributed by atoms with van der Waals surface area (Å²) in [5, 5.41) is 8.38. The van der Waals surface area contributed by atoms with Crippen molar-refractivity contribution in [1.29, 1.82) is 0 Å². The third-order valence-corrected chi connectivity index (χ3v) is 4.37. The molecule has 0 aliphatic carbocycles. The first kappa shape index (κ1) is 13.5. The van der Waals surface area contributed by atoms with Crippen LogP contribution in [0.4, 0.5) is 0 Å². The second kappa shape index (κ2) is 6.31. The Hall–Kier alpha value is -0.910. The molecule has 1 aliphatic rings. The smallest absolute Gasteiger partial charge is 0.224 e. The summed E-state index contributed by atoms with van der Waals surface area (Å²) >= 11 is 1.74. The molecule has 1 saturated heterocycles. The fourth-order valence-electron chi connectivity index (χ4n) is 2.24. The van der Waals surface area contributed by atoms with Crippen LogP contribution in [0.2, 0.25) is 0 Å². The van der Waals surface area contributed by atoms with Gasteiger partial charge < -0.3 is 15.5 Å². The van der Waals surface area contributed by atoms with Gasteiger partial charge in [-0.1, -0.05) is 6.07 Å². The molecular weight excluding hydrogens is 246 g/mol. The van der Waals surface area contributed by atoms with E-state index in [1.807, 2.05) is 14.1 Å². The van der Waals surface area contributed by atoms with E-state index in [4.69, 9.17) is 0 Å². The number of amides is 1. The predicted molar refractivity (Wildman–Crippen MR) is 74.7 cm³/mol. The molecule has 1 fully saturated rings. The van der Waals surface area contributed by atoms with Gasteiger partial charge >= 0.3 is 0 Å². The largest absolute Gasteiger partial charge is 0.354 e. The number of hydrogen-bond acceptors (Lipinski definition) is 4. The Morgan fingerprint density at radius 1 is 1.67 bits per heavy atom. The van der Waals surface area contributed by atoms with Gasteiger partial charge in [-0.25, -0.2) is 0 Å². The van der Waals surface area contributed by atoms with Gasteiger partial charge in [0.2, 0.25) is 5.91 Å². The number of likely N-dealkylation sites (N-methyl/N-ethyl adjacent to an activating group) is 1. The SMILES string of the molecule is CN(C)C(CNC(=O)C1CCNC1)c1cccs1. The van der Waals surface area contributed by atoms with Crippen molar-refractivity contribution in [3.05, 3.63) is 22.4 Å².